The van der Waals surface area contributed by atoms with Crippen LogP contribution < -0.4 is 20.1 Å². The summed E-state index contributed by atoms with van der Waals surface area (Å²) in [6.45, 7) is 6.09. The van der Waals surface area contributed by atoms with E-state index >= 15 is 0 Å². The van der Waals surface area contributed by atoms with Crippen molar-refractivity contribution >= 4 is 5.96 Å². The van der Waals surface area contributed by atoms with E-state index in [2.05, 4.69) is 15.6 Å². The molecule has 6 nitrogen and oxygen atoms in total. The number of rotatable bonds is 10. The average Bonchev–Trinajstić information content (AvgIpc) is 2.73. The molecule has 2 rings (SSSR count). The molecule has 0 spiro atoms. The third-order valence-corrected chi connectivity index (χ3v) is 4.33. The zero-order valence-corrected chi connectivity index (χ0v) is 17.5. The maximum atomic E-state index is 14.0. The average molecular weight is 403 g/mol. The van der Waals surface area contributed by atoms with Crippen molar-refractivity contribution in [3.05, 3.63) is 59.4 Å². The van der Waals surface area contributed by atoms with Crippen LogP contribution in [0.15, 0.2) is 47.5 Å². The van der Waals surface area contributed by atoms with E-state index in [-0.39, 0.29) is 17.6 Å². The van der Waals surface area contributed by atoms with Crippen molar-refractivity contribution in [3.63, 3.8) is 0 Å². The molecule has 29 heavy (non-hydrogen) atoms. The van der Waals surface area contributed by atoms with Gasteiger partial charge in [-0.3, -0.25) is 4.99 Å². The number of halogens is 1. The summed E-state index contributed by atoms with van der Waals surface area (Å²) in [5.41, 5.74) is 1.81. The van der Waals surface area contributed by atoms with Gasteiger partial charge in [0.15, 0.2) is 17.5 Å². The zero-order valence-electron chi connectivity index (χ0n) is 17.5. The van der Waals surface area contributed by atoms with Gasteiger partial charge in [-0.25, -0.2) is 4.39 Å². The number of methoxy groups -OCH3 is 2. The number of hydrogen-bond acceptors (Lipinski definition) is 4. The van der Waals surface area contributed by atoms with E-state index in [1.165, 1.54) is 13.2 Å². The van der Waals surface area contributed by atoms with Crippen LogP contribution in [0.2, 0.25) is 0 Å². The normalized spacial score (nSPS) is 12.4. The predicted molar refractivity (Wildman–Crippen MR) is 113 cm³/mol. The minimum Gasteiger partial charge on any atom is -0.496 e. The number of hydrogen-bond donors (Lipinski definition) is 2. The maximum absolute atomic E-state index is 14.0. The first kappa shape index (κ1) is 22.5. The summed E-state index contributed by atoms with van der Waals surface area (Å²) < 4.78 is 30.0. The number of benzene rings is 2. The van der Waals surface area contributed by atoms with Crippen LogP contribution in [0.3, 0.4) is 0 Å². The van der Waals surface area contributed by atoms with Gasteiger partial charge in [-0.1, -0.05) is 24.3 Å². The van der Waals surface area contributed by atoms with Crippen LogP contribution in [0.5, 0.6) is 11.5 Å². The van der Waals surface area contributed by atoms with Gasteiger partial charge in [-0.2, -0.15) is 0 Å². The molecule has 0 bridgehead atoms. The molecule has 0 fully saturated rings. The quantitative estimate of drug-likeness (QED) is 0.360. The Kier molecular flexibility index (Phi) is 9.24. The molecule has 0 radical (unpaired) electrons. The summed E-state index contributed by atoms with van der Waals surface area (Å²) in [6.07, 6.45) is 0. The first-order valence-electron chi connectivity index (χ1n) is 9.67. The Morgan fingerprint density at radius 2 is 1.86 bits per heavy atom. The minimum absolute atomic E-state index is 0.122. The van der Waals surface area contributed by atoms with Gasteiger partial charge < -0.3 is 24.8 Å². The first-order valence-corrected chi connectivity index (χ1v) is 9.67. The van der Waals surface area contributed by atoms with Crippen LogP contribution >= 0.6 is 0 Å². The van der Waals surface area contributed by atoms with Gasteiger partial charge in [-0.05, 0) is 37.6 Å². The fourth-order valence-electron chi connectivity index (χ4n) is 2.79. The topological polar surface area (TPSA) is 64.1 Å². The number of nitrogens with zero attached hydrogens (tertiary/aromatic N) is 1. The number of ether oxygens (including phenoxy) is 3. The van der Waals surface area contributed by atoms with Crippen LogP contribution in [0.25, 0.3) is 0 Å². The Hall–Kier alpha value is -2.80. The van der Waals surface area contributed by atoms with Crippen LogP contribution in [-0.4, -0.2) is 39.9 Å². The summed E-state index contributed by atoms with van der Waals surface area (Å²) in [4.78, 5) is 4.53. The number of para-hydroxylation sites is 1. The van der Waals surface area contributed by atoms with Crippen molar-refractivity contribution in [2.45, 2.75) is 26.5 Å². The Morgan fingerprint density at radius 3 is 2.55 bits per heavy atom. The smallest absolute Gasteiger partial charge is 0.191 e. The van der Waals surface area contributed by atoms with Crippen LogP contribution in [0.1, 0.15) is 31.0 Å². The van der Waals surface area contributed by atoms with Crippen LogP contribution in [0.4, 0.5) is 4.39 Å². The lowest BCUT2D eigenvalue weighted by atomic mass is 10.1. The largest absolute Gasteiger partial charge is 0.496 e. The molecule has 0 aromatic heterocycles. The second kappa shape index (κ2) is 11.9. The fraction of sp³-hybridized carbons (Fsp3) is 0.409. The molecule has 0 aliphatic carbocycles. The van der Waals surface area contributed by atoms with E-state index in [1.54, 1.807) is 13.2 Å². The molecule has 0 saturated carbocycles. The van der Waals surface area contributed by atoms with Crippen molar-refractivity contribution < 1.29 is 18.6 Å². The van der Waals surface area contributed by atoms with E-state index in [1.807, 2.05) is 44.2 Å². The lowest BCUT2D eigenvalue weighted by Crippen LogP contribution is -2.39. The van der Waals surface area contributed by atoms with Gasteiger partial charge in [0.1, 0.15) is 5.75 Å². The standard InChI is InChI=1S/C22H30FN3O3/c1-5-24-22(26-16(2)17-10-11-21(28-4)19(23)14-17)25-12-13-29-15-18-8-6-7-9-20(18)27-3/h6-11,14,16H,5,12-13,15H2,1-4H3,(H2,24,25,26). The molecule has 1 unspecified atom stereocenters. The molecule has 0 saturated heterocycles. The molecule has 2 aromatic rings. The monoisotopic (exact) mass is 403 g/mol. The molecular formula is C22H30FN3O3. The molecule has 7 heteroatoms. The lowest BCUT2D eigenvalue weighted by Gasteiger charge is -2.18. The number of aliphatic imine (C=N–C) groups is 1. The molecule has 2 aromatic carbocycles. The zero-order chi connectivity index (χ0) is 21.1. The summed E-state index contributed by atoms with van der Waals surface area (Å²) in [7, 11) is 3.10. The highest BCUT2D eigenvalue weighted by Gasteiger charge is 2.11. The van der Waals surface area contributed by atoms with Gasteiger partial charge in [0.05, 0.1) is 40.0 Å². The summed E-state index contributed by atoms with van der Waals surface area (Å²) >= 11 is 0. The van der Waals surface area contributed by atoms with Crippen molar-refractivity contribution in [2.24, 2.45) is 4.99 Å². The summed E-state index contributed by atoms with van der Waals surface area (Å²) in [6, 6.07) is 12.6. The van der Waals surface area contributed by atoms with Crippen LogP contribution in [0, 0.1) is 5.82 Å². The highest BCUT2D eigenvalue weighted by molar-refractivity contribution is 5.80. The van der Waals surface area contributed by atoms with Gasteiger partial charge >= 0.3 is 0 Å². The van der Waals surface area contributed by atoms with E-state index in [9.17, 15) is 4.39 Å². The van der Waals surface area contributed by atoms with Gasteiger partial charge in [0, 0.05) is 12.1 Å². The minimum atomic E-state index is -0.384. The third kappa shape index (κ3) is 6.94. The second-order valence-corrected chi connectivity index (χ2v) is 6.39. The van der Waals surface area contributed by atoms with Crippen LogP contribution in [-0.2, 0) is 11.3 Å². The van der Waals surface area contributed by atoms with Gasteiger partial charge in [-0.15, -0.1) is 0 Å². The molecule has 0 aliphatic rings. The highest BCUT2D eigenvalue weighted by Crippen LogP contribution is 2.21. The summed E-state index contributed by atoms with van der Waals surface area (Å²) in [5.74, 6) is 1.31. The highest BCUT2D eigenvalue weighted by atomic mass is 19.1. The Morgan fingerprint density at radius 1 is 1.10 bits per heavy atom. The first-order chi connectivity index (χ1) is 14.1. The Bertz CT molecular complexity index is 799. The third-order valence-electron chi connectivity index (χ3n) is 4.33. The molecule has 158 valence electrons. The SMILES string of the molecule is CCNC(=NCCOCc1ccccc1OC)NC(C)c1ccc(OC)c(F)c1. The van der Waals surface area contributed by atoms with E-state index in [4.69, 9.17) is 14.2 Å². The van der Waals surface area contributed by atoms with E-state index < -0.39 is 0 Å². The maximum Gasteiger partial charge on any atom is 0.191 e. The Balaban J connectivity index is 1.87. The second-order valence-electron chi connectivity index (χ2n) is 6.39. The van der Waals surface area contributed by atoms with Crippen molar-refractivity contribution in [1.82, 2.24) is 10.6 Å². The van der Waals surface area contributed by atoms with Crippen molar-refractivity contribution in [1.29, 1.82) is 0 Å². The summed E-state index contributed by atoms with van der Waals surface area (Å²) in [5, 5.41) is 6.47. The molecule has 2 N–H and O–H groups in total. The predicted octanol–water partition coefficient (Wildman–Crippen LogP) is 3.68. The van der Waals surface area contributed by atoms with Gasteiger partial charge in [0.2, 0.25) is 0 Å². The number of guanidine groups is 1. The molecule has 0 heterocycles. The fourth-order valence-corrected chi connectivity index (χ4v) is 2.79. The number of nitrogens with one attached hydrogen (secondary N) is 2. The van der Waals surface area contributed by atoms with Crippen molar-refractivity contribution in [2.75, 3.05) is 33.9 Å². The molecule has 0 aliphatic heterocycles. The van der Waals surface area contributed by atoms with Gasteiger partial charge in [0.25, 0.3) is 0 Å². The van der Waals surface area contributed by atoms with Crippen molar-refractivity contribution in [3.8, 4) is 11.5 Å². The lowest BCUT2D eigenvalue weighted by molar-refractivity contribution is 0.126. The van der Waals surface area contributed by atoms with E-state index in [0.717, 1.165) is 23.4 Å². The molecule has 1 atom stereocenters. The molecule has 0 amide bonds. The molecular weight excluding hydrogens is 373 g/mol. The Labute approximate surface area is 172 Å². The van der Waals surface area contributed by atoms with E-state index in [0.29, 0.717) is 25.7 Å².